The van der Waals surface area contributed by atoms with Crippen molar-refractivity contribution in [2.45, 2.75) is 19.5 Å². The molecule has 0 aliphatic carbocycles. The lowest BCUT2D eigenvalue weighted by molar-refractivity contribution is 0.0697. The predicted octanol–water partition coefficient (Wildman–Crippen LogP) is -0.623. The van der Waals surface area contributed by atoms with Crippen LogP contribution in [0.5, 0.6) is 0 Å². The number of morpholine rings is 1. The van der Waals surface area contributed by atoms with Crippen LogP contribution in [0.2, 0.25) is 0 Å². The summed E-state index contributed by atoms with van der Waals surface area (Å²) in [5.74, 6) is 0.560. The first kappa shape index (κ1) is 12.3. The molecule has 7 heteroatoms. The number of rotatable bonds is 5. The van der Waals surface area contributed by atoms with Gasteiger partial charge in [0.2, 0.25) is 5.89 Å². The lowest BCUT2D eigenvalue weighted by Crippen LogP contribution is -2.47. The smallest absolute Gasteiger partial charge is 0.318 e. The fraction of sp³-hybridized carbons (Fsp3) is 0.800. The second kappa shape index (κ2) is 5.95. The molecular weight excluding hydrogens is 224 g/mol. The highest BCUT2D eigenvalue weighted by Gasteiger charge is 2.26. The highest BCUT2D eigenvalue weighted by atomic mass is 16.5. The summed E-state index contributed by atoms with van der Waals surface area (Å²) < 4.78 is 10.8. The van der Waals surface area contributed by atoms with Crippen LogP contribution in [0.3, 0.4) is 0 Å². The third-order valence-corrected chi connectivity index (χ3v) is 2.67. The monoisotopic (exact) mass is 242 g/mol. The molecule has 96 valence electrons. The molecule has 2 heterocycles. The maximum Gasteiger partial charge on any atom is 0.318 e. The lowest BCUT2D eigenvalue weighted by atomic mass is 10.2. The highest BCUT2D eigenvalue weighted by Crippen LogP contribution is 2.17. The standard InChI is InChI=1S/C10H18N4O3/c1-2-11-5-9-12-13-10(17-9)14-3-4-16-7-8(14)6-15/h8,11,15H,2-7H2,1H3. The first-order chi connectivity index (χ1) is 8.35. The Kier molecular flexibility index (Phi) is 4.29. The van der Waals surface area contributed by atoms with Crippen molar-refractivity contribution in [3.05, 3.63) is 5.89 Å². The number of nitrogens with zero attached hydrogens (tertiary/aromatic N) is 3. The van der Waals surface area contributed by atoms with E-state index in [1.807, 2.05) is 11.8 Å². The minimum absolute atomic E-state index is 0.0188. The number of aromatic nitrogens is 2. The number of hydrogen-bond donors (Lipinski definition) is 2. The molecule has 1 aliphatic rings. The van der Waals surface area contributed by atoms with E-state index in [4.69, 9.17) is 9.15 Å². The highest BCUT2D eigenvalue weighted by molar-refractivity contribution is 5.27. The van der Waals surface area contributed by atoms with Crippen molar-refractivity contribution in [3.8, 4) is 0 Å². The molecule has 0 aromatic carbocycles. The first-order valence-corrected chi connectivity index (χ1v) is 5.83. The molecule has 17 heavy (non-hydrogen) atoms. The van der Waals surface area contributed by atoms with Crippen LogP contribution in [0.25, 0.3) is 0 Å². The van der Waals surface area contributed by atoms with Crippen molar-refractivity contribution in [2.75, 3.05) is 37.8 Å². The number of hydrogen-bond acceptors (Lipinski definition) is 7. The third kappa shape index (κ3) is 2.93. The summed E-state index contributed by atoms with van der Waals surface area (Å²) >= 11 is 0. The number of aliphatic hydroxyl groups is 1. The van der Waals surface area contributed by atoms with Crippen molar-refractivity contribution in [1.82, 2.24) is 15.5 Å². The summed E-state index contributed by atoms with van der Waals surface area (Å²) in [6, 6.07) is 0.358. The maximum absolute atomic E-state index is 9.25. The van der Waals surface area contributed by atoms with E-state index in [0.29, 0.717) is 38.2 Å². The van der Waals surface area contributed by atoms with Gasteiger partial charge in [-0.05, 0) is 6.54 Å². The van der Waals surface area contributed by atoms with Gasteiger partial charge in [-0.1, -0.05) is 12.0 Å². The molecule has 1 aromatic rings. The van der Waals surface area contributed by atoms with Gasteiger partial charge in [-0.15, -0.1) is 5.10 Å². The molecule has 1 saturated heterocycles. The minimum atomic E-state index is -0.101. The molecule has 1 aromatic heterocycles. The minimum Gasteiger partial charge on any atom is -0.407 e. The van der Waals surface area contributed by atoms with Crippen molar-refractivity contribution < 1.29 is 14.3 Å². The van der Waals surface area contributed by atoms with Crippen LogP contribution in [0.15, 0.2) is 4.42 Å². The van der Waals surface area contributed by atoms with Gasteiger partial charge in [0.25, 0.3) is 0 Å². The van der Waals surface area contributed by atoms with E-state index in [2.05, 4.69) is 15.5 Å². The van der Waals surface area contributed by atoms with E-state index in [9.17, 15) is 5.11 Å². The molecule has 0 spiro atoms. The molecule has 2 rings (SSSR count). The van der Waals surface area contributed by atoms with Gasteiger partial charge < -0.3 is 24.5 Å². The molecular formula is C10H18N4O3. The summed E-state index contributed by atoms with van der Waals surface area (Å²) in [7, 11) is 0. The van der Waals surface area contributed by atoms with Crippen LogP contribution in [0, 0.1) is 0 Å². The number of aliphatic hydroxyl groups excluding tert-OH is 1. The van der Waals surface area contributed by atoms with E-state index in [1.54, 1.807) is 0 Å². The Morgan fingerprint density at radius 2 is 2.41 bits per heavy atom. The molecule has 0 bridgehead atoms. The molecule has 0 amide bonds. The summed E-state index contributed by atoms with van der Waals surface area (Å²) in [5.41, 5.74) is 0. The Balaban J connectivity index is 2.02. The number of ether oxygens (including phenoxy) is 1. The van der Waals surface area contributed by atoms with Gasteiger partial charge >= 0.3 is 6.01 Å². The van der Waals surface area contributed by atoms with E-state index < -0.39 is 0 Å². The van der Waals surface area contributed by atoms with Crippen LogP contribution < -0.4 is 10.2 Å². The van der Waals surface area contributed by atoms with E-state index in [-0.39, 0.29) is 12.6 Å². The van der Waals surface area contributed by atoms with Gasteiger partial charge in [0, 0.05) is 6.54 Å². The zero-order valence-electron chi connectivity index (χ0n) is 9.93. The zero-order valence-corrected chi connectivity index (χ0v) is 9.93. The molecule has 7 nitrogen and oxygen atoms in total. The number of nitrogens with one attached hydrogen (secondary N) is 1. The van der Waals surface area contributed by atoms with Gasteiger partial charge in [0.15, 0.2) is 0 Å². The molecule has 0 radical (unpaired) electrons. The van der Waals surface area contributed by atoms with E-state index in [1.165, 1.54) is 0 Å². The van der Waals surface area contributed by atoms with Gasteiger partial charge in [-0.3, -0.25) is 0 Å². The van der Waals surface area contributed by atoms with Gasteiger partial charge in [-0.25, -0.2) is 0 Å². The second-order valence-electron chi connectivity index (χ2n) is 3.86. The first-order valence-electron chi connectivity index (χ1n) is 5.83. The third-order valence-electron chi connectivity index (χ3n) is 2.67. The van der Waals surface area contributed by atoms with Crippen LogP contribution in [0.1, 0.15) is 12.8 Å². The van der Waals surface area contributed by atoms with Gasteiger partial charge in [-0.2, -0.15) is 0 Å². The topological polar surface area (TPSA) is 83.7 Å². The Bertz CT molecular complexity index is 344. The average Bonchev–Trinajstić information content (AvgIpc) is 2.85. The quantitative estimate of drug-likeness (QED) is 0.711. The van der Waals surface area contributed by atoms with Crippen molar-refractivity contribution in [2.24, 2.45) is 0 Å². The van der Waals surface area contributed by atoms with Crippen LogP contribution in [0.4, 0.5) is 6.01 Å². The SMILES string of the molecule is CCNCc1nnc(N2CCOCC2CO)o1. The Morgan fingerprint density at radius 3 is 3.18 bits per heavy atom. The fourth-order valence-corrected chi connectivity index (χ4v) is 1.72. The van der Waals surface area contributed by atoms with Crippen molar-refractivity contribution in [1.29, 1.82) is 0 Å². The molecule has 2 N–H and O–H groups in total. The Morgan fingerprint density at radius 1 is 1.53 bits per heavy atom. The van der Waals surface area contributed by atoms with Gasteiger partial charge in [0.1, 0.15) is 0 Å². The van der Waals surface area contributed by atoms with Crippen molar-refractivity contribution in [3.63, 3.8) is 0 Å². The van der Waals surface area contributed by atoms with Crippen LogP contribution in [-0.2, 0) is 11.3 Å². The van der Waals surface area contributed by atoms with Crippen LogP contribution in [-0.4, -0.2) is 54.3 Å². The molecule has 1 aliphatic heterocycles. The second-order valence-corrected chi connectivity index (χ2v) is 3.86. The predicted molar refractivity (Wildman–Crippen MR) is 60.7 cm³/mol. The summed E-state index contributed by atoms with van der Waals surface area (Å²) in [6.45, 7) is 5.22. The van der Waals surface area contributed by atoms with Crippen molar-refractivity contribution >= 4 is 6.01 Å². The zero-order chi connectivity index (χ0) is 12.1. The lowest BCUT2D eigenvalue weighted by Gasteiger charge is -2.32. The molecule has 1 unspecified atom stereocenters. The number of anilines is 1. The van der Waals surface area contributed by atoms with E-state index in [0.717, 1.165) is 6.54 Å². The Labute approximate surface area is 99.8 Å². The normalized spacial score (nSPS) is 20.8. The maximum atomic E-state index is 9.25. The average molecular weight is 242 g/mol. The molecule has 1 atom stereocenters. The summed E-state index contributed by atoms with van der Waals surface area (Å²) in [5, 5.41) is 20.3. The fourth-order valence-electron chi connectivity index (χ4n) is 1.72. The largest absolute Gasteiger partial charge is 0.407 e. The molecule has 1 fully saturated rings. The van der Waals surface area contributed by atoms with Gasteiger partial charge in [0.05, 0.1) is 32.4 Å². The molecule has 0 saturated carbocycles. The summed E-state index contributed by atoms with van der Waals surface area (Å²) in [4.78, 5) is 1.89. The summed E-state index contributed by atoms with van der Waals surface area (Å²) in [6.07, 6.45) is 0. The van der Waals surface area contributed by atoms with Crippen LogP contribution >= 0.6 is 0 Å². The Hall–Kier alpha value is -1.18. The van der Waals surface area contributed by atoms with E-state index >= 15 is 0 Å².